The Bertz CT molecular complexity index is 776. The number of ether oxygens (including phenoxy) is 4. The number of aliphatic hydroxyl groups is 2. The van der Waals surface area contributed by atoms with E-state index < -0.39 is 54.0 Å². The molecule has 10 nitrogen and oxygen atoms in total. The van der Waals surface area contributed by atoms with Gasteiger partial charge >= 0.3 is 11.9 Å². The predicted molar refractivity (Wildman–Crippen MR) is 91.0 cm³/mol. The van der Waals surface area contributed by atoms with E-state index in [-0.39, 0.29) is 29.9 Å². The maximum absolute atomic E-state index is 12.3. The summed E-state index contributed by atoms with van der Waals surface area (Å²) >= 11 is 0. The second-order valence-corrected chi connectivity index (χ2v) is 6.62. The van der Waals surface area contributed by atoms with Crippen molar-refractivity contribution in [1.82, 2.24) is 0 Å². The smallest absolute Gasteiger partial charge is 0.339 e. The molecule has 0 amide bonds. The number of aliphatic hydroxyl groups excluding tert-OH is 2. The summed E-state index contributed by atoms with van der Waals surface area (Å²) in [7, 11) is 1.22. The lowest BCUT2D eigenvalue weighted by molar-refractivity contribution is -0.237. The van der Waals surface area contributed by atoms with Crippen molar-refractivity contribution in [3.8, 4) is 17.2 Å². The number of esters is 2. The van der Waals surface area contributed by atoms with Crippen LogP contribution in [0.25, 0.3) is 0 Å². The minimum absolute atomic E-state index is 0.0493. The summed E-state index contributed by atoms with van der Waals surface area (Å²) in [5.74, 6) is -2.70. The summed E-state index contributed by atoms with van der Waals surface area (Å²) in [5.41, 5.74) is -0.214. The number of carbonyl (C=O) groups is 2. The minimum Gasteiger partial charge on any atom is -0.504 e. The molecule has 154 valence electrons. The van der Waals surface area contributed by atoms with Crippen LogP contribution in [0.2, 0.25) is 0 Å². The monoisotopic (exact) mass is 398 g/mol. The van der Waals surface area contributed by atoms with Gasteiger partial charge in [-0.15, -0.1) is 0 Å². The lowest BCUT2D eigenvalue weighted by atomic mass is 9.86. The number of fused-ring (bicyclic) bond motifs is 3. The molecule has 3 rings (SSSR count). The first-order chi connectivity index (χ1) is 13.3. The average Bonchev–Trinajstić information content (AvgIpc) is 2.65. The summed E-state index contributed by atoms with van der Waals surface area (Å²) in [4.78, 5) is 23.9. The third-order valence-electron chi connectivity index (χ3n) is 4.78. The zero-order valence-corrected chi connectivity index (χ0v) is 15.3. The fourth-order valence-corrected chi connectivity index (χ4v) is 3.39. The van der Waals surface area contributed by atoms with E-state index in [1.165, 1.54) is 7.11 Å². The molecular weight excluding hydrogens is 376 g/mol. The van der Waals surface area contributed by atoms with Crippen molar-refractivity contribution in [1.29, 1.82) is 0 Å². The van der Waals surface area contributed by atoms with Crippen LogP contribution in [0.5, 0.6) is 17.2 Å². The zero-order chi connectivity index (χ0) is 20.6. The number of aromatic hydroxyl groups is 2. The van der Waals surface area contributed by atoms with Gasteiger partial charge in [0.15, 0.2) is 17.6 Å². The quantitative estimate of drug-likeness (QED) is 0.504. The molecule has 1 fully saturated rings. The van der Waals surface area contributed by atoms with E-state index in [0.29, 0.717) is 6.42 Å². The molecule has 2 aliphatic rings. The van der Waals surface area contributed by atoms with Gasteiger partial charge in [0.2, 0.25) is 5.75 Å². The molecule has 0 saturated carbocycles. The Hall–Kier alpha value is -2.56. The second kappa shape index (κ2) is 7.82. The van der Waals surface area contributed by atoms with Crippen LogP contribution < -0.4 is 4.74 Å². The van der Waals surface area contributed by atoms with Gasteiger partial charge in [-0.1, -0.05) is 6.92 Å². The first-order valence-electron chi connectivity index (χ1n) is 8.81. The van der Waals surface area contributed by atoms with Gasteiger partial charge in [-0.25, -0.2) is 4.79 Å². The Morgan fingerprint density at radius 2 is 1.96 bits per heavy atom. The number of benzene rings is 1. The SMILES string of the molecule is CCCC(=O)OCC1OC2c3c(cc(O)c(OC)c3O)C(=O)OC2C(O)C1O. The lowest BCUT2D eigenvalue weighted by Crippen LogP contribution is -2.58. The fraction of sp³-hybridized carbons (Fsp3) is 0.556. The second-order valence-electron chi connectivity index (χ2n) is 6.62. The Kier molecular flexibility index (Phi) is 5.64. The van der Waals surface area contributed by atoms with E-state index in [4.69, 9.17) is 18.9 Å². The van der Waals surface area contributed by atoms with Gasteiger partial charge in [-0.2, -0.15) is 0 Å². The van der Waals surface area contributed by atoms with E-state index in [1.807, 2.05) is 0 Å². The highest BCUT2D eigenvalue weighted by Gasteiger charge is 2.52. The standard InChI is InChI=1S/C18H22O10/c1-3-4-10(20)26-6-9-12(21)14(23)17-16(27-9)11-7(18(24)28-17)5-8(19)15(25-2)13(11)22/h5,9,12,14,16-17,19,21-23H,3-4,6H2,1-2H3. The number of rotatable bonds is 5. The molecule has 0 aromatic heterocycles. The van der Waals surface area contributed by atoms with Gasteiger partial charge < -0.3 is 39.4 Å². The molecule has 0 bridgehead atoms. The molecule has 0 radical (unpaired) electrons. The maximum Gasteiger partial charge on any atom is 0.339 e. The average molecular weight is 398 g/mol. The molecule has 5 atom stereocenters. The van der Waals surface area contributed by atoms with E-state index in [2.05, 4.69) is 0 Å². The van der Waals surface area contributed by atoms with Crippen LogP contribution >= 0.6 is 0 Å². The van der Waals surface area contributed by atoms with Gasteiger partial charge in [0.1, 0.15) is 31.0 Å². The van der Waals surface area contributed by atoms with Crippen LogP contribution in [-0.2, 0) is 19.0 Å². The predicted octanol–water partition coefficient (Wildman–Crippen LogP) is 0.150. The number of phenols is 2. The Morgan fingerprint density at radius 1 is 1.25 bits per heavy atom. The summed E-state index contributed by atoms with van der Waals surface area (Å²) in [5, 5.41) is 41.1. The molecule has 28 heavy (non-hydrogen) atoms. The topological polar surface area (TPSA) is 152 Å². The Morgan fingerprint density at radius 3 is 2.61 bits per heavy atom. The van der Waals surface area contributed by atoms with E-state index >= 15 is 0 Å². The fourth-order valence-electron chi connectivity index (χ4n) is 3.39. The van der Waals surface area contributed by atoms with Crippen molar-refractivity contribution in [3.05, 3.63) is 17.2 Å². The third kappa shape index (κ3) is 3.34. The van der Waals surface area contributed by atoms with Crippen LogP contribution in [0.1, 0.15) is 41.8 Å². The molecule has 2 aliphatic heterocycles. The molecule has 0 aliphatic carbocycles. The highest BCUT2D eigenvalue weighted by Crippen LogP contribution is 2.49. The summed E-state index contributed by atoms with van der Waals surface area (Å²) in [6.07, 6.45) is -5.87. The zero-order valence-electron chi connectivity index (χ0n) is 15.3. The first kappa shape index (κ1) is 20.2. The number of hydrogen-bond acceptors (Lipinski definition) is 10. The Labute approximate surface area is 160 Å². The van der Waals surface area contributed by atoms with E-state index in [1.54, 1.807) is 6.92 Å². The molecular formula is C18H22O10. The van der Waals surface area contributed by atoms with Crippen molar-refractivity contribution in [3.63, 3.8) is 0 Å². The largest absolute Gasteiger partial charge is 0.504 e. The van der Waals surface area contributed by atoms with Crippen molar-refractivity contribution in [2.24, 2.45) is 0 Å². The van der Waals surface area contributed by atoms with Crippen molar-refractivity contribution >= 4 is 11.9 Å². The normalized spacial score (nSPS) is 28.7. The molecule has 10 heteroatoms. The van der Waals surface area contributed by atoms with Crippen LogP contribution in [-0.4, -0.2) is 70.5 Å². The van der Waals surface area contributed by atoms with E-state index in [9.17, 15) is 30.0 Å². The van der Waals surface area contributed by atoms with E-state index in [0.717, 1.165) is 6.07 Å². The summed E-state index contributed by atoms with van der Waals surface area (Å²) in [6.45, 7) is 1.47. The van der Waals surface area contributed by atoms with Gasteiger partial charge in [0.25, 0.3) is 0 Å². The van der Waals surface area contributed by atoms with Gasteiger partial charge in [-0.05, 0) is 12.5 Å². The molecule has 1 aromatic carbocycles. The van der Waals surface area contributed by atoms with Crippen LogP contribution in [0.3, 0.4) is 0 Å². The molecule has 1 saturated heterocycles. The minimum atomic E-state index is -1.55. The molecule has 1 aromatic rings. The summed E-state index contributed by atoms with van der Waals surface area (Å²) in [6, 6.07) is 1.06. The molecule has 2 heterocycles. The highest BCUT2D eigenvalue weighted by atomic mass is 16.6. The highest BCUT2D eigenvalue weighted by molar-refractivity contribution is 5.95. The van der Waals surface area contributed by atoms with Crippen molar-refractivity contribution in [2.45, 2.75) is 50.3 Å². The molecule has 0 spiro atoms. The number of hydrogen-bond donors (Lipinski definition) is 4. The number of methoxy groups -OCH3 is 1. The third-order valence-corrected chi connectivity index (χ3v) is 4.78. The van der Waals surface area contributed by atoms with Crippen molar-refractivity contribution in [2.75, 3.05) is 13.7 Å². The molecule has 4 N–H and O–H groups in total. The number of phenolic OH excluding ortho intramolecular Hbond substituents is 2. The number of carbonyl (C=O) groups excluding carboxylic acids is 2. The van der Waals surface area contributed by atoms with Gasteiger partial charge in [0.05, 0.1) is 12.7 Å². The molecule has 5 unspecified atom stereocenters. The van der Waals surface area contributed by atoms with Gasteiger partial charge in [0, 0.05) is 12.0 Å². The van der Waals surface area contributed by atoms with Gasteiger partial charge in [-0.3, -0.25) is 4.79 Å². The Balaban J connectivity index is 1.94. The van der Waals surface area contributed by atoms with Crippen LogP contribution in [0.4, 0.5) is 0 Å². The first-order valence-corrected chi connectivity index (χ1v) is 8.81. The van der Waals surface area contributed by atoms with Crippen molar-refractivity contribution < 1.29 is 49.0 Å². The lowest BCUT2D eigenvalue weighted by Gasteiger charge is -2.44. The summed E-state index contributed by atoms with van der Waals surface area (Å²) < 4.78 is 20.9. The van der Waals surface area contributed by atoms with Crippen LogP contribution in [0, 0.1) is 0 Å². The maximum atomic E-state index is 12.3. The van der Waals surface area contributed by atoms with Crippen LogP contribution in [0.15, 0.2) is 6.07 Å².